The molecular weight excluding hydrogens is 407 g/mol. The minimum Gasteiger partial charge on any atom is -0.491 e. The molecule has 6 nitrogen and oxygen atoms in total. The summed E-state index contributed by atoms with van der Waals surface area (Å²) >= 11 is 0. The monoisotopic (exact) mass is 434 g/mol. The molecule has 0 aliphatic carbocycles. The van der Waals surface area contributed by atoms with E-state index >= 15 is 0 Å². The maximum atomic E-state index is 13.4. The Morgan fingerprint density at radius 2 is 1.73 bits per heavy atom. The zero-order valence-electron chi connectivity index (χ0n) is 16.8. The van der Waals surface area contributed by atoms with Crippen molar-refractivity contribution in [3.63, 3.8) is 0 Å². The second-order valence-corrected chi connectivity index (χ2v) is 9.21. The Balaban J connectivity index is 1.41. The number of amides is 1. The number of halogens is 1. The van der Waals surface area contributed by atoms with Crippen molar-refractivity contribution in [2.45, 2.75) is 43.5 Å². The normalized spacial score (nSPS) is 15.0. The van der Waals surface area contributed by atoms with E-state index in [1.807, 2.05) is 0 Å². The van der Waals surface area contributed by atoms with Crippen molar-refractivity contribution in [3.8, 4) is 5.75 Å². The van der Waals surface area contributed by atoms with E-state index < -0.39 is 15.8 Å². The van der Waals surface area contributed by atoms with Crippen LogP contribution in [0.15, 0.2) is 53.4 Å². The average Bonchev–Trinajstić information content (AvgIpc) is 2.77. The van der Waals surface area contributed by atoms with Crippen LogP contribution in [0.25, 0.3) is 0 Å². The first-order chi connectivity index (χ1) is 14.5. The van der Waals surface area contributed by atoms with Crippen molar-refractivity contribution >= 4 is 15.9 Å². The molecule has 2 aromatic rings. The molecule has 1 amide bonds. The van der Waals surface area contributed by atoms with E-state index in [1.54, 1.807) is 42.5 Å². The summed E-state index contributed by atoms with van der Waals surface area (Å²) in [7, 11) is -3.45. The highest BCUT2D eigenvalue weighted by atomic mass is 32.2. The highest BCUT2D eigenvalue weighted by Gasteiger charge is 2.25. The number of rotatable bonds is 9. The molecule has 1 aliphatic heterocycles. The molecule has 1 fully saturated rings. The Labute approximate surface area is 177 Å². The standard InChI is InChI=1S/C22H27FN2O4S/c23-20-7-2-3-8-21(20)29-16-6-9-22(26)24-17-18-10-12-19(13-11-18)30(27,28)25-14-4-1-5-15-25/h2-3,7-8,10-13H,1,4-6,9,14-17H2,(H,24,26). The van der Waals surface area contributed by atoms with Gasteiger partial charge in [0.05, 0.1) is 11.5 Å². The molecule has 1 heterocycles. The number of sulfonamides is 1. The molecule has 0 aromatic heterocycles. The van der Waals surface area contributed by atoms with Crippen LogP contribution in [-0.4, -0.2) is 38.3 Å². The minimum atomic E-state index is -3.45. The molecule has 8 heteroatoms. The highest BCUT2D eigenvalue weighted by Crippen LogP contribution is 2.21. The Hall–Kier alpha value is -2.45. The van der Waals surface area contributed by atoms with E-state index in [1.165, 1.54) is 10.4 Å². The smallest absolute Gasteiger partial charge is 0.243 e. The lowest BCUT2D eigenvalue weighted by molar-refractivity contribution is -0.121. The van der Waals surface area contributed by atoms with Crippen LogP contribution in [0.1, 0.15) is 37.7 Å². The zero-order chi connectivity index (χ0) is 21.4. The van der Waals surface area contributed by atoms with Crippen molar-refractivity contribution < 1.29 is 22.3 Å². The molecule has 1 N–H and O–H groups in total. The Kier molecular flexibility index (Phi) is 7.81. The summed E-state index contributed by atoms with van der Waals surface area (Å²) in [5, 5.41) is 2.80. The van der Waals surface area contributed by atoms with E-state index in [0.29, 0.717) is 26.1 Å². The third kappa shape index (κ3) is 6.03. The first-order valence-electron chi connectivity index (χ1n) is 10.2. The van der Waals surface area contributed by atoms with Crippen LogP contribution in [0, 0.1) is 5.82 Å². The number of carbonyl (C=O) groups excluding carboxylic acids is 1. The predicted octanol–water partition coefficient (Wildman–Crippen LogP) is 3.48. The van der Waals surface area contributed by atoms with Gasteiger partial charge in [-0.3, -0.25) is 4.79 Å². The molecule has 0 unspecified atom stereocenters. The maximum Gasteiger partial charge on any atom is 0.243 e. The summed E-state index contributed by atoms with van der Waals surface area (Å²) < 4.78 is 45.6. The average molecular weight is 435 g/mol. The van der Waals surface area contributed by atoms with Crippen molar-refractivity contribution in [2.24, 2.45) is 0 Å². The van der Waals surface area contributed by atoms with Gasteiger partial charge < -0.3 is 10.1 Å². The molecular formula is C22H27FN2O4S. The second kappa shape index (κ2) is 10.5. The molecule has 1 saturated heterocycles. The summed E-state index contributed by atoms with van der Waals surface area (Å²) in [6, 6.07) is 12.8. The van der Waals surface area contributed by atoms with Crippen LogP contribution in [-0.2, 0) is 21.4 Å². The van der Waals surface area contributed by atoms with Crippen molar-refractivity contribution in [1.82, 2.24) is 9.62 Å². The van der Waals surface area contributed by atoms with Gasteiger partial charge in [-0.05, 0) is 49.1 Å². The van der Waals surface area contributed by atoms with Gasteiger partial charge in [0, 0.05) is 26.1 Å². The number of nitrogens with one attached hydrogen (secondary N) is 1. The summed E-state index contributed by atoms with van der Waals surface area (Å²) in [6.45, 7) is 1.70. The first-order valence-corrected chi connectivity index (χ1v) is 11.6. The van der Waals surface area contributed by atoms with Gasteiger partial charge in [-0.25, -0.2) is 12.8 Å². The summed E-state index contributed by atoms with van der Waals surface area (Å²) in [6.07, 6.45) is 3.59. The topological polar surface area (TPSA) is 75.7 Å². The summed E-state index contributed by atoms with van der Waals surface area (Å²) in [5.74, 6) is -0.387. The van der Waals surface area contributed by atoms with E-state index in [9.17, 15) is 17.6 Å². The lowest BCUT2D eigenvalue weighted by Crippen LogP contribution is -2.35. The fraction of sp³-hybridized carbons (Fsp3) is 0.409. The number of piperidine rings is 1. The van der Waals surface area contributed by atoms with Crippen molar-refractivity contribution in [1.29, 1.82) is 0 Å². The molecule has 0 spiro atoms. The number of para-hydroxylation sites is 1. The third-order valence-electron chi connectivity index (χ3n) is 5.01. The fourth-order valence-electron chi connectivity index (χ4n) is 3.30. The van der Waals surface area contributed by atoms with E-state index in [-0.39, 0.29) is 29.6 Å². The van der Waals surface area contributed by atoms with Crippen LogP contribution < -0.4 is 10.1 Å². The van der Waals surface area contributed by atoms with Gasteiger partial charge in [0.25, 0.3) is 0 Å². The lowest BCUT2D eigenvalue weighted by Gasteiger charge is -2.25. The van der Waals surface area contributed by atoms with Gasteiger partial charge in [-0.2, -0.15) is 4.31 Å². The maximum absolute atomic E-state index is 13.4. The molecule has 0 radical (unpaired) electrons. The van der Waals surface area contributed by atoms with E-state index in [2.05, 4.69) is 5.32 Å². The number of nitrogens with zero attached hydrogens (tertiary/aromatic N) is 1. The SMILES string of the molecule is O=C(CCCOc1ccccc1F)NCc1ccc(S(=O)(=O)N2CCCCC2)cc1. The van der Waals surface area contributed by atoms with Crippen LogP contribution in [0.5, 0.6) is 5.75 Å². The molecule has 30 heavy (non-hydrogen) atoms. The van der Waals surface area contributed by atoms with Crippen molar-refractivity contribution in [3.05, 3.63) is 59.9 Å². The second-order valence-electron chi connectivity index (χ2n) is 7.27. The van der Waals surface area contributed by atoms with E-state index in [4.69, 9.17) is 4.74 Å². The zero-order valence-corrected chi connectivity index (χ0v) is 17.7. The number of carbonyl (C=O) groups is 1. The molecule has 0 saturated carbocycles. The van der Waals surface area contributed by atoms with Gasteiger partial charge >= 0.3 is 0 Å². The summed E-state index contributed by atoms with van der Waals surface area (Å²) in [4.78, 5) is 12.3. The van der Waals surface area contributed by atoms with Crippen LogP contribution in [0.2, 0.25) is 0 Å². The van der Waals surface area contributed by atoms with Crippen molar-refractivity contribution in [2.75, 3.05) is 19.7 Å². The number of hydrogen-bond donors (Lipinski definition) is 1. The molecule has 3 rings (SSSR count). The third-order valence-corrected chi connectivity index (χ3v) is 6.92. The Morgan fingerprint density at radius 3 is 2.43 bits per heavy atom. The van der Waals surface area contributed by atoms with Gasteiger partial charge in [0.1, 0.15) is 0 Å². The van der Waals surface area contributed by atoms with Gasteiger partial charge in [0.2, 0.25) is 15.9 Å². The quantitative estimate of drug-likeness (QED) is 0.613. The highest BCUT2D eigenvalue weighted by molar-refractivity contribution is 7.89. The largest absolute Gasteiger partial charge is 0.491 e. The van der Waals surface area contributed by atoms with Gasteiger partial charge in [0.15, 0.2) is 11.6 Å². The molecule has 1 aliphatic rings. The molecule has 162 valence electrons. The Bertz CT molecular complexity index is 942. The molecule has 2 aromatic carbocycles. The van der Waals surface area contributed by atoms with Crippen LogP contribution >= 0.6 is 0 Å². The lowest BCUT2D eigenvalue weighted by atomic mass is 10.2. The van der Waals surface area contributed by atoms with Gasteiger partial charge in [-0.1, -0.05) is 30.7 Å². The molecule has 0 atom stereocenters. The number of ether oxygens (including phenoxy) is 1. The van der Waals surface area contributed by atoms with Crippen LogP contribution in [0.4, 0.5) is 4.39 Å². The summed E-state index contributed by atoms with van der Waals surface area (Å²) in [5.41, 5.74) is 0.823. The first kappa shape index (κ1) is 22.2. The minimum absolute atomic E-state index is 0.142. The number of hydrogen-bond acceptors (Lipinski definition) is 4. The fourth-order valence-corrected chi connectivity index (χ4v) is 4.82. The van der Waals surface area contributed by atoms with E-state index in [0.717, 1.165) is 24.8 Å². The van der Waals surface area contributed by atoms with Gasteiger partial charge in [-0.15, -0.1) is 0 Å². The predicted molar refractivity (Wildman–Crippen MR) is 112 cm³/mol. The molecule has 0 bridgehead atoms. The number of benzene rings is 2. The van der Waals surface area contributed by atoms with Crippen LogP contribution in [0.3, 0.4) is 0 Å². The Morgan fingerprint density at radius 1 is 1.03 bits per heavy atom.